The number of ether oxygens (including phenoxy) is 3. The van der Waals surface area contributed by atoms with E-state index >= 15 is 0 Å². The summed E-state index contributed by atoms with van der Waals surface area (Å²) in [5.74, 6) is 1.09. The third kappa shape index (κ3) is 4.70. The van der Waals surface area contributed by atoms with Crippen LogP contribution in [0.15, 0.2) is 67.0 Å². The molecule has 2 saturated heterocycles. The summed E-state index contributed by atoms with van der Waals surface area (Å²) >= 11 is 0. The Labute approximate surface area is 182 Å². The smallest absolute Gasteiger partial charge is 0.223 e. The minimum atomic E-state index is -0.0115. The highest BCUT2D eigenvalue weighted by Crippen LogP contribution is 2.31. The summed E-state index contributed by atoms with van der Waals surface area (Å²) < 4.78 is 17.4. The largest absolute Gasteiger partial charge is 0.472 e. The van der Waals surface area contributed by atoms with E-state index in [0.29, 0.717) is 18.4 Å². The second kappa shape index (κ2) is 9.45. The molecule has 160 valence electrons. The number of benzene rings is 1. The Balaban J connectivity index is 1.24. The zero-order valence-electron chi connectivity index (χ0n) is 17.5. The van der Waals surface area contributed by atoms with Crippen LogP contribution in [-0.2, 0) is 16.1 Å². The first-order chi connectivity index (χ1) is 15.4. The molecule has 0 bridgehead atoms. The minimum Gasteiger partial charge on any atom is -0.472 e. The van der Waals surface area contributed by atoms with Crippen LogP contribution >= 0.6 is 0 Å². The molecule has 0 saturated carbocycles. The van der Waals surface area contributed by atoms with Crippen molar-refractivity contribution in [2.45, 2.75) is 25.7 Å². The average Bonchev–Trinajstić information content (AvgIpc) is 3.39. The van der Waals surface area contributed by atoms with Crippen LogP contribution < -0.4 is 9.64 Å². The maximum atomic E-state index is 6.00. The summed E-state index contributed by atoms with van der Waals surface area (Å²) in [5, 5.41) is 0. The lowest BCUT2D eigenvalue weighted by Crippen LogP contribution is -2.38. The van der Waals surface area contributed by atoms with Gasteiger partial charge in [0.25, 0.3) is 0 Å². The molecule has 6 heteroatoms. The van der Waals surface area contributed by atoms with Gasteiger partial charge in [0.1, 0.15) is 6.61 Å². The van der Waals surface area contributed by atoms with Crippen LogP contribution in [0, 0.1) is 5.92 Å². The molecule has 4 heterocycles. The molecule has 0 N–H and O–H groups in total. The second-order valence-corrected chi connectivity index (χ2v) is 7.97. The number of hydrogen-bond donors (Lipinski definition) is 0. The van der Waals surface area contributed by atoms with E-state index in [-0.39, 0.29) is 6.29 Å². The molecular weight excluding hydrogens is 390 g/mol. The fourth-order valence-electron chi connectivity index (χ4n) is 4.24. The van der Waals surface area contributed by atoms with Crippen molar-refractivity contribution < 1.29 is 14.2 Å². The average molecular weight is 418 g/mol. The summed E-state index contributed by atoms with van der Waals surface area (Å²) in [6, 6.07) is 18.2. The van der Waals surface area contributed by atoms with Gasteiger partial charge in [-0.1, -0.05) is 30.3 Å². The predicted molar refractivity (Wildman–Crippen MR) is 119 cm³/mol. The molecule has 2 aliphatic rings. The van der Waals surface area contributed by atoms with Crippen molar-refractivity contribution in [3.63, 3.8) is 0 Å². The van der Waals surface area contributed by atoms with Gasteiger partial charge >= 0.3 is 0 Å². The summed E-state index contributed by atoms with van der Waals surface area (Å²) in [4.78, 5) is 11.5. The van der Waals surface area contributed by atoms with E-state index in [4.69, 9.17) is 19.2 Å². The highest BCUT2D eigenvalue weighted by Gasteiger charge is 2.30. The SMILES string of the molecule is c1ccc(COc2ncccc2-c2ccc(N3CCC(C4OCCO4)CC3)cn2)cc1. The Hall–Kier alpha value is -2.96. The second-order valence-electron chi connectivity index (χ2n) is 7.97. The van der Waals surface area contributed by atoms with E-state index in [1.54, 1.807) is 6.20 Å². The third-order valence-corrected chi connectivity index (χ3v) is 5.95. The zero-order chi connectivity index (χ0) is 20.9. The van der Waals surface area contributed by atoms with Crippen LogP contribution in [0.5, 0.6) is 5.88 Å². The Morgan fingerprint density at radius 2 is 1.71 bits per heavy atom. The van der Waals surface area contributed by atoms with E-state index in [1.165, 1.54) is 0 Å². The molecule has 6 nitrogen and oxygen atoms in total. The fourth-order valence-corrected chi connectivity index (χ4v) is 4.24. The van der Waals surface area contributed by atoms with Crippen LogP contribution in [0.25, 0.3) is 11.3 Å². The van der Waals surface area contributed by atoms with Crippen LogP contribution in [0.2, 0.25) is 0 Å². The van der Waals surface area contributed by atoms with Gasteiger partial charge in [-0.3, -0.25) is 4.98 Å². The summed E-state index contributed by atoms with van der Waals surface area (Å²) in [5.41, 5.74) is 4.02. The monoisotopic (exact) mass is 417 g/mol. The van der Waals surface area contributed by atoms with E-state index in [9.17, 15) is 0 Å². The van der Waals surface area contributed by atoms with Gasteiger partial charge in [0.2, 0.25) is 5.88 Å². The number of piperidine rings is 1. The fraction of sp³-hybridized carbons (Fsp3) is 0.360. The Kier molecular flexibility index (Phi) is 6.09. The standard InChI is InChI=1S/C25H27N3O3/c1-2-5-19(6-3-1)18-31-24-22(7-4-12-26-24)23-9-8-21(17-27-23)28-13-10-20(11-14-28)25-29-15-16-30-25/h1-9,12,17,20,25H,10-11,13-16,18H2. The normalized spacial score (nSPS) is 17.7. The molecule has 0 spiro atoms. The number of nitrogens with zero attached hydrogens (tertiary/aromatic N) is 3. The molecule has 0 amide bonds. The van der Waals surface area contributed by atoms with Crippen molar-refractivity contribution in [3.8, 4) is 17.1 Å². The quantitative estimate of drug-likeness (QED) is 0.596. The number of hydrogen-bond acceptors (Lipinski definition) is 6. The summed E-state index contributed by atoms with van der Waals surface area (Å²) in [6.07, 6.45) is 5.84. The van der Waals surface area contributed by atoms with Crippen molar-refractivity contribution in [2.24, 2.45) is 5.92 Å². The molecule has 2 aromatic heterocycles. The number of pyridine rings is 2. The molecule has 0 radical (unpaired) electrons. The Morgan fingerprint density at radius 1 is 0.903 bits per heavy atom. The molecule has 1 aromatic carbocycles. The number of rotatable bonds is 6. The van der Waals surface area contributed by atoms with E-state index < -0.39 is 0 Å². The lowest BCUT2D eigenvalue weighted by Gasteiger charge is -2.35. The molecule has 2 fully saturated rings. The molecule has 3 aromatic rings. The summed E-state index contributed by atoms with van der Waals surface area (Å²) in [6.45, 7) is 3.91. The predicted octanol–water partition coefficient (Wildman–Crippen LogP) is 4.31. The van der Waals surface area contributed by atoms with Crippen LogP contribution in [0.3, 0.4) is 0 Å². The highest BCUT2D eigenvalue weighted by molar-refractivity contribution is 5.66. The first-order valence-corrected chi connectivity index (χ1v) is 10.9. The number of aromatic nitrogens is 2. The van der Waals surface area contributed by atoms with Crippen molar-refractivity contribution in [2.75, 3.05) is 31.2 Å². The van der Waals surface area contributed by atoms with E-state index in [1.807, 2.05) is 48.7 Å². The molecule has 0 unspecified atom stereocenters. The molecule has 5 rings (SSSR count). The van der Waals surface area contributed by atoms with Gasteiger partial charge in [-0.05, 0) is 42.7 Å². The lowest BCUT2D eigenvalue weighted by atomic mass is 9.96. The molecule has 2 aliphatic heterocycles. The molecule has 0 atom stereocenters. The Bertz CT molecular complexity index is 967. The Morgan fingerprint density at radius 3 is 2.45 bits per heavy atom. The molecule has 31 heavy (non-hydrogen) atoms. The van der Waals surface area contributed by atoms with Gasteiger partial charge in [-0.15, -0.1) is 0 Å². The van der Waals surface area contributed by atoms with Gasteiger partial charge in [0, 0.05) is 25.2 Å². The summed E-state index contributed by atoms with van der Waals surface area (Å²) in [7, 11) is 0. The topological polar surface area (TPSA) is 56.7 Å². The van der Waals surface area contributed by atoms with Crippen LogP contribution in [0.1, 0.15) is 18.4 Å². The lowest BCUT2D eigenvalue weighted by molar-refractivity contribution is -0.0889. The van der Waals surface area contributed by atoms with Gasteiger partial charge in [0.05, 0.1) is 36.4 Å². The minimum absolute atomic E-state index is 0.0115. The van der Waals surface area contributed by atoms with Gasteiger partial charge in [-0.25, -0.2) is 4.98 Å². The van der Waals surface area contributed by atoms with Gasteiger partial charge < -0.3 is 19.1 Å². The van der Waals surface area contributed by atoms with Gasteiger partial charge in [-0.2, -0.15) is 0 Å². The van der Waals surface area contributed by atoms with Crippen molar-refractivity contribution >= 4 is 5.69 Å². The van der Waals surface area contributed by atoms with Crippen molar-refractivity contribution in [1.29, 1.82) is 0 Å². The van der Waals surface area contributed by atoms with E-state index in [2.05, 4.69) is 22.0 Å². The van der Waals surface area contributed by atoms with Gasteiger partial charge in [0.15, 0.2) is 6.29 Å². The maximum absolute atomic E-state index is 6.00. The molecular formula is C25H27N3O3. The molecule has 0 aliphatic carbocycles. The third-order valence-electron chi connectivity index (χ3n) is 5.95. The highest BCUT2D eigenvalue weighted by atomic mass is 16.7. The number of anilines is 1. The van der Waals surface area contributed by atoms with Crippen LogP contribution in [-0.4, -0.2) is 42.6 Å². The first kappa shape index (κ1) is 20.0. The maximum Gasteiger partial charge on any atom is 0.223 e. The van der Waals surface area contributed by atoms with Crippen molar-refractivity contribution in [3.05, 3.63) is 72.6 Å². The first-order valence-electron chi connectivity index (χ1n) is 10.9. The zero-order valence-corrected chi connectivity index (χ0v) is 17.5. The van der Waals surface area contributed by atoms with Crippen molar-refractivity contribution in [1.82, 2.24) is 9.97 Å². The van der Waals surface area contributed by atoms with E-state index in [0.717, 1.165) is 61.7 Å². The van der Waals surface area contributed by atoms with Crippen LogP contribution in [0.4, 0.5) is 5.69 Å².